The summed E-state index contributed by atoms with van der Waals surface area (Å²) in [4.78, 5) is 12.6. The molecule has 0 N–H and O–H groups in total. The number of hydrogen-bond donors (Lipinski definition) is 0. The van der Waals surface area contributed by atoms with Crippen molar-refractivity contribution < 1.29 is 9.18 Å². The SMILES string of the molecule is O=C(CSc1cccc(F)c1)c1ccc(Cl)cc1. The quantitative estimate of drug-likeness (QED) is 0.608. The van der Waals surface area contributed by atoms with Crippen molar-refractivity contribution in [3.8, 4) is 0 Å². The largest absolute Gasteiger partial charge is 0.293 e. The first-order valence-corrected chi connectivity index (χ1v) is 6.68. The number of Topliss-reactive ketones (excluding diaryl/α,β-unsaturated/α-hetero) is 1. The smallest absolute Gasteiger partial charge is 0.173 e. The Balaban J connectivity index is 1.98. The number of hydrogen-bond acceptors (Lipinski definition) is 2. The maximum Gasteiger partial charge on any atom is 0.173 e. The maximum atomic E-state index is 12.9. The fraction of sp³-hybridized carbons (Fsp3) is 0.0714. The highest BCUT2D eigenvalue weighted by Gasteiger charge is 2.06. The molecule has 0 aromatic heterocycles. The molecule has 4 heteroatoms. The lowest BCUT2D eigenvalue weighted by Gasteiger charge is -2.02. The second-order valence-electron chi connectivity index (χ2n) is 3.68. The van der Waals surface area contributed by atoms with Crippen LogP contribution < -0.4 is 0 Å². The van der Waals surface area contributed by atoms with E-state index in [1.54, 1.807) is 36.4 Å². The standard InChI is InChI=1S/C14H10ClFOS/c15-11-6-4-10(5-7-11)14(17)9-18-13-3-1-2-12(16)8-13/h1-8H,9H2. The highest BCUT2D eigenvalue weighted by Crippen LogP contribution is 2.20. The van der Waals surface area contributed by atoms with Crippen LogP contribution in [0.15, 0.2) is 53.4 Å². The van der Waals surface area contributed by atoms with Crippen LogP contribution in [0, 0.1) is 5.82 Å². The molecule has 0 aliphatic carbocycles. The molecular formula is C14H10ClFOS. The fourth-order valence-corrected chi connectivity index (χ4v) is 2.39. The summed E-state index contributed by atoms with van der Waals surface area (Å²) in [5.41, 5.74) is 0.614. The number of halogens is 2. The first-order chi connectivity index (χ1) is 8.65. The van der Waals surface area contributed by atoms with E-state index in [0.717, 1.165) is 4.90 Å². The third-order valence-electron chi connectivity index (χ3n) is 2.33. The van der Waals surface area contributed by atoms with Gasteiger partial charge in [0, 0.05) is 15.5 Å². The number of carbonyl (C=O) groups is 1. The lowest BCUT2D eigenvalue weighted by atomic mass is 10.1. The van der Waals surface area contributed by atoms with E-state index in [9.17, 15) is 9.18 Å². The summed E-state index contributed by atoms with van der Waals surface area (Å²) in [6.07, 6.45) is 0. The van der Waals surface area contributed by atoms with E-state index < -0.39 is 0 Å². The van der Waals surface area contributed by atoms with Gasteiger partial charge < -0.3 is 0 Å². The molecule has 18 heavy (non-hydrogen) atoms. The second-order valence-corrected chi connectivity index (χ2v) is 5.16. The second kappa shape index (κ2) is 6.03. The summed E-state index contributed by atoms with van der Waals surface area (Å²) >= 11 is 7.07. The highest BCUT2D eigenvalue weighted by molar-refractivity contribution is 8.00. The summed E-state index contributed by atoms with van der Waals surface area (Å²) in [5.74, 6) is -0.00896. The van der Waals surface area contributed by atoms with Crippen LogP contribution >= 0.6 is 23.4 Å². The molecule has 1 nitrogen and oxygen atoms in total. The van der Waals surface area contributed by atoms with Gasteiger partial charge in [-0.2, -0.15) is 0 Å². The van der Waals surface area contributed by atoms with Crippen LogP contribution in [-0.4, -0.2) is 11.5 Å². The van der Waals surface area contributed by atoms with Gasteiger partial charge in [-0.3, -0.25) is 4.79 Å². The van der Waals surface area contributed by atoms with Gasteiger partial charge in [0.05, 0.1) is 5.75 Å². The van der Waals surface area contributed by atoms with Gasteiger partial charge in [-0.1, -0.05) is 17.7 Å². The third kappa shape index (κ3) is 3.59. The Kier molecular flexibility index (Phi) is 4.39. The van der Waals surface area contributed by atoms with Gasteiger partial charge in [0.25, 0.3) is 0 Å². The van der Waals surface area contributed by atoms with Gasteiger partial charge in [0.15, 0.2) is 5.78 Å². The molecule has 2 aromatic rings. The summed E-state index contributed by atoms with van der Waals surface area (Å²) in [6.45, 7) is 0. The summed E-state index contributed by atoms with van der Waals surface area (Å²) in [7, 11) is 0. The molecule has 0 fully saturated rings. The Morgan fingerprint density at radius 1 is 1.17 bits per heavy atom. The number of carbonyl (C=O) groups excluding carboxylic acids is 1. The minimum atomic E-state index is -0.293. The monoisotopic (exact) mass is 280 g/mol. The molecule has 0 saturated heterocycles. The minimum absolute atomic E-state index is 0.000859. The van der Waals surface area contributed by atoms with E-state index in [-0.39, 0.29) is 17.4 Å². The van der Waals surface area contributed by atoms with Crippen LogP contribution in [0.1, 0.15) is 10.4 Å². The van der Waals surface area contributed by atoms with Crippen molar-refractivity contribution in [1.82, 2.24) is 0 Å². The Hall–Kier alpha value is -1.32. The predicted octanol–water partition coefficient (Wildman–Crippen LogP) is 4.45. The number of ketones is 1. The summed E-state index contributed by atoms with van der Waals surface area (Å²) < 4.78 is 12.9. The number of thioether (sulfide) groups is 1. The Morgan fingerprint density at radius 2 is 1.89 bits per heavy atom. The minimum Gasteiger partial charge on any atom is -0.293 e. The molecule has 0 amide bonds. The summed E-state index contributed by atoms with van der Waals surface area (Å²) in [5, 5.41) is 0.601. The van der Waals surface area contributed by atoms with E-state index in [0.29, 0.717) is 10.6 Å². The van der Waals surface area contributed by atoms with Crippen LogP contribution in [0.5, 0.6) is 0 Å². The Labute approximate surface area is 114 Å². The molecule has 0 atom stereocenters. The molecule has 0 aliphatic rings. The van der Waals surface area contributed by atoms with E-state index >= 15 is 0 Å². The van der Waals surface area contributed by atoms with Crippen molar-refractivity contribution in [2.75, 3.05) is 5.75 Å². The molecule has 0 radical (unpaired) electrons. The van der Waals surface area contributed by atoms with Crippen molar-refractivity contribution in [3.05, 3.63) is 64.9 Å². The molecule has 0 bridgehead atoms. The molecular weight excluding hydrogens is 271 g/mol. The van der Waals surface area contributed by atoms with Gasteiger partial charge in [0.1, 0.15) is 5.82 Å². The van der Waals surface area contributed by atoms with E-state index in [4.69, 9.17) is 11.6 Å². The number of rotatable bonds is 4. The summed E-state index contributed by atoms with van der Waals surface area (Å²) in [6, 6.07) is 13.0. The van der Waals surface area contributed by atoms with Crippen molar-refractivity contribution in [3.63, 3.8) is 0 Å². The Bertz CT molecular complexity index is 554. The topological polar surface area (TPSA) is 17.1 Å². The maximum absolute atomic E-state index is 12.9. The fourth-order valence-electron chi connectivity index (χ4n) is 1.42. The zero-order chi connectivity index (χ0) is 13.0. The molecule has 0 unspecified atom stereocenters. The zero-order valence-electron chi connectivity index (χ0n) is 9.40. The van der Waals surface area contributed by atoms with Crippen molar-refractivity contribution in [2.24, 2.45) is 0 Å². The molecule has 2 aromatic carbocycles. The molecule has 0 heterocycles. The molecule has 2 rings (SSSR count). The van der Waals surface area contributed by atoms with Crippen LogP contribution in [0.4, 0.5) is 4.39 Å². The van der Waals surface area contributed by atoms with Crippen LogP contribution in [0.3, 0.4) is 0 Å². The van der Waals surface area contributed by atoms with Crippen LogP contribution in [0.25, 0.3) is 0 Å². The zero-order valence-corrected chi connectivity index (χ0v) is 11.0. The average molecular weight is 281 g/mol. The van der Waals surface area contributed by atoms with Crippen LogP contribution in [0.2, 0.25) is 5.02 Å². The normalized spacial score (nSPS) is 10.3. The lowest BCUT2D eigenvalue weighted by molar-refractivity contribution is 0.102. The average Bonchev–Trinajstić information content (AvgIpc) is 2.37. The van der Waals surface area contributed by atoms with Crippen molar-refractivity contribution >= 4 is 29.1 Å². The van der Waals surface area contributed by atoms with Gasteiger partial charge in [-0.15, -0.1) is 11.8 Å². The van der Waals surface area contributed by atoms with Gasteiger partial charge in [-0.05, 0) is 42.5 Å². The van der Waals surface area contributed by atoms with Gasteiger partial charge >= 0.3 is 0 Å². The molecule has 0 spiro atoms. The van der Waals surface area contributed by atoms with Gasteiger partial charge in [-0.25, -0.2) is 4.39 Å². The van der Waals surface area contributed by atoms with Crippen molar-refractivity contribution in [2.45, 2.75) is 4.90 Å². The van der Waals surface area contributed by atoms with Crippen LogP contribution in [-0.2, 0) is 0 Å². The highest BCUT2D eigenvalue weighted by atomic mass is 35.5. The third-order valence-corrected chi connectivity index (χ3v) is 3.58. The van der Waals surface area contributed by atoms with Crippen molar-refractivity contribution in [1.29, 1.82) is 0 Å². The van der Waals surface area contributed by atoms with Gasteiger partial charge in [0.2, 0.25) is 0 Å². The predicted molar refractivity (Wildman–Crippen MR) is 72.9 cm³/mol. The van der Waals surface area contributed by atoms with E-state index in [1.807, 2.05) is 0 Å². The molecule has 92 valence electrons. The first-order valence-electron chi connectivity index (χ1n) is 5.32. The molecule has 0 saturated carbocycles. The Morgan fingerprint density at radius 3 is 2.56 bits per heavy atom. The number of benzene rings is 2. The first kappa shape index (κ1) is 13.1. The lowest BCUT2D eigenvalue weighted by Crippen LogP contribution is -2.01. The van der Waals surface area contributed by atoms with E-state index in [2.05, 4.69) is 0 Å². The van der Waals surface area contributed by atoms with E-state index in [1.165, 1.54) is 23.9 Å². The molecule has 0 aliphatic heterocycles.